The zero-order valence-electron chi connectivity index (χ0n) is 18.5. The van der Waals surface area contributed by atoms with Gasteiger partial charge in [0, 0.05) is 37.4 Å². The number of nitrogens with zero attached hydrogens (tertiary/aromatic N) is 3. The van der Waals surface area contributed by atoms with E-state index in [-0.39, 0.29) is 29.3 Å². The van der Waals surface area contributed by atoms with Crippen LogP contribution in [0.2, 0.25) is 0 Å². The summed E-state index contributed by atoms with van der Waals surface area (Å²) >= 11 is 0. The monoisotopic (exact) mass is 456 g/mol. The van der Waals surface area contributed by atoms with Crippen LogP contribution in [0.25, 0.3) is 0 Å². The lowest BCUT2D eigenvalue weighted by Crippen LogP contribution is -2.43. The van der Waals surface area contributed by atoms with Crippen LogP contribution in [0, 0.1) is 12.8 Å². The lowest BCUT2D eigenvalue weighted by atomic mass is 9.99. The third-order valence-electron chi connectivity index (χ3n) is 6.14. The van der Waals surface area contributed by atoms with E-state index in [1.54, 1.807) is 29.2 Å². The number of amides is 2. The van der Waals surface area contributed by atoms with E-state index in [1.165, 1.54) is 11.2 Å². The summed E-state index contributed by atoms with van der Waals surface area (Å²) < 4.78 is 28.1. The summed E-state index contributed by atoms with van der Waals surface area (Å²) in [5, 5.41) is 2.81. The number of carbonyl (C=O) groups excluding carboxylic acids is 2. The molecule has 2 aromatic rings. The van der Waals surface area contributed by atoms with E-state index in [9.17, 15) is 18.0 Å². The largest absolute Gasteiger partial charge is 0.310 e. The average Bonchev–Trinajstić information content (AvgIpc) is 3.09. The molecule has 8 nitrogen and oxygen atoms in total. The van der Waals surface area contributed by atoms with Crippen molar-refractivity contribution in [1.82, 2.24) is 9.29 Å². The number of sulfonamides is 1. The molecule has 1 aromatic heterocycles. The fourth-order valence-corrected chi connectivity index (χ4v) is 6.19. The van der Waals surface area contributed by atoms with E-state index < -0.39 is 15.9 Å². The van der Waals surface area contributed by atoms with Gasteiger partial charge >= 0.3 is 0 Å². The fraction of sp³-hybridized carbons (Fsp3) is 0.435. The second-order valence-electron chi connectivity index (χ2n) is 8.59. The summed E-state index contributed by atoms with van der Waals surface area (Å²) in [5.41, 5.74) is 2.42. The van der Waals surface area contributed by atoms with Crippen LogP contribution < -0.4 is 10.2 Å². The first-order valence-corrected chi connectivity index (χ1v) is 12.3. The molecule has 2 unspecified atom stereocenters. The second-order valence-corrected chi connectivity index (χ2v) is 10.5. The third kappa shape index (κ3) is 4.27. The molecule has 0 spiro atoms. The molecule has 2 atom stereocenters. The molecule has 1 N–H and O–H groups in total. The van der Waals surface area contributed by atoms with E-state index >= 15 is 0 Å². The lowest BCUT2D eigenvalue weighted by molar-refractivity contribution is -0.121. The van der Waals surface area contributed by atoms with Gasteiger partial charge in [-0.3, -0.25) is 9.59 Å². The van der Waals surface area contributed by atoms with Crippen molar-refractivity contribution >= 4 is 33.3 Å². The number of fused-ring (bicyclic) bond motifs is 1. The summed E-state index contributed by atoms with van der Waals surface area (Å²) in [5.74, 6) is -0.246. The predicted molar refractivity (Wildman–Crippen MR) is 122 cm³/mol. The van der Waals surface area contributed by atoms with Crippen LogP contribution in [0.1, 0.15) is 37.9 Å². The summed E-state index contributed by atoms with van der Waals surface area (Å²) in [6, 6.07) is 10.3. The van der Waals surface area contributed by atoms with Gasteiger partial charge in [-0.15, -0.1) is 0 Å². The minimum atomic E-state index is -3.75. The zero-order chi connectivity index (χ0) is 23.0. The van der Waals surface area contributed by atoms with E-state index in [2.05, 4.69) is 10.3 Å². The van der Waals surface area contributed by atoms with Crippen LogP contribution in [0.3, 0.4) is 0 Å². The maximum atomic E-state index is 13.4. The molecule has 2 aliphatic heterocycles. The van der Waals surface area contributed by atoms with Crippen LogP contribution in [-0.2, 0) is 26.0 Å². The molecule has 0 radical (unpaired) electrons. The number of nitrogens with one attached hydrogen (secondary N) is 1. The molecule has 1 aromatic carbocycles. The first-order valence-electron chi connectivity index (χ1n) is 10.8. The zero-order valence-corrected chi connectivity index (χ0v) is 19.4. The smallest absolute Gasteiger partial charge is 0.243 e. The van der Waals surface area contributed by atoms with Crippen molar-refractivity contribution in [3.8, 4) is 0 Å². The Bertz CT molecular complexity index is 1160. The first-order chi connectivity index (χ1) is 15.2. The quantitative estimate of drug-likeness (QED) is 0.763. The van der Waals surface area contributed by atoms with Gasteiger partial charge < -0.3 is 10.2 Å². The Labute approximate surface area is 188 Å². The number of carbonyl (C=O) groups is 2. The molecule has 4 rings (SSSR count). The van der Waals surface area contributed by atoms with Gasteiger partial charge in [-0.25, -0.2) is 13.4 Å². The van der Waals surface area contributed by atoms with Crippen LogP contribution in [-0.4, -0.2) is 48.7 Å². The number of aromatic nitrogens is 1. The van der Waals surface area contributed by atoms with Crippen LogP contribution in [0.4, 0.5) is 11.5 Å². The highest BCUT2D eigenvalue weighted by Crippen LogP contribution is 2.35. The molecular weight excluding hydrogens is 428 g/mol. The highest BCUT2D eigenvalue weighted by Gasteiger charge is 2.35. The number of piperidine rings is 1. The molecule has 1 saturated heterocycles. The molecule has 0 bridgehead atoms. The normalized spacial score (nSPS) is 21.3. The van der Waals surface area contributed by atoms with E-state index in [1.807, 2.05) is 26.0 Å². The molecule has 170 valence electrons. The lowest BCUT2D eigenvalue weighted by Gasteiger charge is -2.31. The Morgan fingerprint density at radius 2 is 1.97 bits per heavy atom. The van der Waals surface area contributed by atoms with Crippen molar-refractivity contribution in [2.24, 2.45) is 5.92 Å². The molecule has 2 aliphatic rings. The van der Waals surface area contributed by atoms with Crippen LogP contribution >= 0.6 is 0 Å². The fourth-order valence-electron chi connectivity index (χ4n) is 4.61. The molecule has 0 aliphatic carbocycles. The third-order valence-corrected chi connectivity index (χ3v) is 8.00. The summed E-state index contributed by atoms with van der Waals surface area (Å²) in [6.07, 6.45) is 1.85. The SMILES string of the molecule is CC(=O)N1c2ccc(S(=O)(=O)N3CCCC(C(=O)Nc4cccc(C)n4)C3)cc2CC1C. The van der Waals surface area contributed by atoms with Gasteiger partial charge in [-0.2, -0.15) is 4.31 Å². The van der Waals surface area contributed by atoms with Crippen molar-refractivity contribution in [2.75, 3.05) is 23.3 Å². The van der Waals surface area contributed by atoms with E-state index in [4.69, 9.17) is 0 Å². The number of anilines is 2. The Morgan fingerprint density at radius 3 is 2.69 bits per heavy atom. The molecular formula is C23H28N4O4S. The van der Waals surface area contributed by atoms with Crippen molar-refractivity contribution in [1.29, 1.82) is 0 Å². The maximum absolute atomic E-state index is 13.4. The predicted octanol–water partition coefficient (Wildman–Crippen LogP) is 2.73. The average molecular weight is 457 g/mol. The van der Waals surface area contributed by atoms with E-state index in [0.29, 0.717) is 31.6 Å². The van der Waals surface area contributed by atoms with Gasteiger partial charge in [-0.1, -0.05) is 6.07 Å². The van der Waals surface area contributed by atoms with Gasteiger partial charge in [0.05, 0.1) is 10.8 Å². The van der Waals surface area contributed by atoms with Crippen LogP contribution in [0.5, 0.6) is 0 Å². The number of hydrogen-bond donors (Lipinski definition) is 1. The van der Waals surface area contributed by atoms with E-state index in [0.717, 1.165) is 16.9 Å². The van der Waals surface area contributed by atoms with Crippen molar-refractivity contribution < 1.29 is 18.0 Å². The summed E-state index contributed by atoms with van der Waals surface area (Å²) in [6.45, 7) is 5.82. The Hall–Kier alpha value is -2.78. The standard InChI is InChI=1S/C23H28N4O4S/c1-15-6-4-8-22(24-15)25-23(29)18-7-5-11-26(14-18)32(30,31)20-9-10-21-19(13-20)12-16(2)27(21)17(3)28/h4,6,8-10,13,16,18H,5,7,11-12,14H2,1-3H3,(H,24,25,29). The molecule has 2 amide bonds. The topological polar surface area (TPSA) is 99.7 Å². The number of pyridine rings is 1. The molecule has 32 heavy (non-hydrogen) atoms. The number of aryl methyl sites for hydroxylation is 1. The number of benzene rings is 1. The van der Waals surface area contributed by atoms with Gasteiger partial charge in [0.1, 0.15) is 5.82 Å². The Kier molecular flexibility index (Phi) is 6.05. The molecule has 0 saturated carbocycles. The number of hydrogen-bond acceptors (Lipinski definition) is 5. The summed E-state index contributed by atoms with van der Waals surface area (Å²) in [7, 11) is -3.75. The molecule has 1 fully saturated rings. The second kappa shape index (κ2) is 8.63. The first kappa shape index (κ1) is 22.4. The van der Waals surface area contributed by atoms with Gasteiger partial charge in [0.15, 0.2) is 0 Å². The van der Waals surface area contributed by atoms with Crippen LogP contribution in [0.15, 0.2) is 41.3 Å². The maximum Gasteiger partial charge on any atom is 0.243 e. The van der Waals surface area contributed by atoms with Gasteiger partial charge in [0.2, 0.25) is 21.8 Å². The summed E-state index contributed by atoms with van der Waals surface area (Å²) in [4.78, 5) is 30.9. The van der Waals surface area contributed by atoms with Crippen molar-refractivity contribution in [3.05, 3.63) is 47.7 Å². The molecule has 3 heterocycles. The van der Waals surface area contributed by atoms with Gasteiger partial charge in [0.25, 0.3) is 0 Å². The van der Waals surface area contributed by atoms with Crippen molar-refractivity contribution in [3.63, 3.8) is 0 Å². The minimum absolute atomic E-state index is 0.00116. The number of rotatable bonds is 4. The molecule has 9 heteroatoms. The Balaban J connectivity index is 1.51. The highest BCUT2D eigenvalue weighted by molar-refractivity contribution is 7.89. The Morgan fingerprint density at radius 1 is 1.19 bits per heavy atom. The van der Waals surface area contributed by atoms with Gasteiger partial charge in [-0.05, 0) is 69.0 Å². The van der Waals surface area contributed by atoms with Crippen molar-refractivity contribution in [2.45, 2.75) is 51.0 Å². The minimum Gasteiger partial charge on any atom is -0.310 e. The highest BCUT2D eigenvalue weighted by atomic mass is 32.2.